The van der Waals surface area contributed by atoms with Crippen molar-refractivity contribution < 1.29 is 4.79 Å². The van der Waals surface area contributed by atoms with E-state index in [0.717, 1.165) is 34.6 Å². The molecule has 152 valence electrons. The van der Waals surface area contributed by atoms with Crippen molar-refractivity contribution >= 4 is 44.2 Å². The van der Waals surface area contributed by atoms with Gasteiger partial charge in [0.2, 0.25) is 0 Å². The molecule has 1 aliphatic carbocycles. The second-order valence-corrected chi connectivity index (χ2v) is 8.70. The Labute approximate surface area is 182 Å². The van der Waals surface area contributed by atoms with Crippen LogP contribution in [0.3, 0.4) is 0 Å². The van der Waals surface area contributed by atoms with E-state index < -0.39 is 0 Å². The van der Waals surface area contributed by atoms with Crippen LogP contribution in [-0.4, -0.2) is 38.0 Å². The number of anilines is 1. The smallest absolute Gasteiger partial charge is 0.253 e. The minimum Gasteiger partial charge on any atom is -0.357 e. The molecule has 1 amide bonds. The van der Waals surface area contributed by atoms with E-state index >= 15 is 0 Å². The topological polar surface area (TPSA) is 84.7 Å². The SMILES string of the molecule is O=C(NC1CCC[C@@H]1Nc1nc2cc(Cl)ccc2s1)c1ccccc1-n1nccn1. The summed E-state index contributed by atoms with van der Waals surface area (Å²) in [7, 11) is 0. The van der Waals surface area contributed by atoms with Crippen LogP contribution in [0.4, 0.5) is 5.13 Å². The van der Waals surface area contributed by atoms with Crippen molar-refractivity contribution in [1.29, 1.82) is 0 Å². The van der Waals surface area contributed by atoms with Crippen molar-refractivity contribution in [3.8, 4) is 5.69 Å². The first-order valence-corrected chi connectivity index (χ1v) is 11.0. The molecular formula is C21H19ClN6OS. The van der Waals surface area contributed by atoms with Crippen LogP contribution in [-0.2, 0) is 0 Å². The van der Waals surface area contributed by atoms with Gasteiger partial charge in [0.1, 0.15) is 0 Å². The predicted molar refractivity (Wildman–Crippen MR) is 119 cm³/mol. The number of fused-ring (bicyclic) bond motifs is 1. The number of rotatable bonds is 5. The van der Waals surface area contributed by atoms with E-state index in [1.165, 1.54) is 4.80 Å². The van der Waals surface area contributed by atoms with Crippen molar-refractivity contribution in [3.05, 3.63) is 65.4 Å². The van der Waals surface area contributed by atoms with Crippen molar-refractivity contribution in [2.24, 2.45) is 0 Å². The lowest BCUT2D eigenvalue weighted by atomic mass is 10.1. The second kappa shape index (κ2) is 8.04. The molecule has 1 aliphatic rings. The Bertz CT molecular complexity index is 1190. The Morgan fingerprint density at radius 3 is 2.77 bits per heavy atom. The van der Waals surface area contributed by atoms with Gasteiger partial charge in [-0.15, -0.1) is 0 Å². The maximum atomic E-state index is 13.1. The van der Waals surface area contributed by atoms with Crippen LogP contribution in [0.2, 0.25) is 5.02 Å². The molecule has 5 rings (SSSR count). The molecule has 9 heteroatoms. The first-order chi connectivity index (χ1) is 14.7. The summed E-state index contributed by atoms with van der Waals surface area (Å²) in [4.78, 5) is 19.2. The molecule has 0 radical (unpaired) electrons. The molecule has 0 spiro atoms. The normalized spacial score (nSPS) is 18.6. The zero-order valence-electron chi connectivity index (χ0n) is 16.0. The predicted octanol–water partition coefficient (Wildman–Crippen LogP) is 4.29. The van der Waals surface area contributed by atoms with Crippen LogP contribution in [0.1, 0.15) is 29.6 Å². The van der Waals surface area contributed by atoms with Crippen molar-refractivity contribution in [1.82, 2.24) is 25.3 Å². The van der Waals surface area contributed by atoms with Gasteiger partial charge in [-0.05, 0) is 49.6 Å². The van der Waals surface area contributed by atoms with E-state index in [1.807, 2.05) is 36.4 Å². The van der Waals surface area contributed by atoms with Gasteiger partial charge < -0.3 is 10.6 Å². The average molecular weight is 439 g/mol. The van der Waals surface area contributed by atoms with Crippen LogP contribution in [0.15, 0.2) is 54.9 Å². The van der Waals surface area contributed by atoms with Crippen molar-refractivity contribution in [2.75, 3.05) is 5.32 Å². The summed E-state index contributed by atoms with van der Waals surface area (Å²) in [5.74, 6) is -0.127. The fourth-order valence-corrected chi connectivity index (χ4v) is 4.93. The lowest BCUT2D eigenvalue weighted by molar-refractivity contribution is 0.0935. The van der Waals surface area contributed by atoms with Crippen LogP contribution in [0, 0.1) is 0 Å². The van der Waals surface area contributed by atoms with Gasteiger partial charge in [-0.25, -0.2) is 4.98 Å². The molecule has 7 nitrogen and oxygen atoms in total. The highest BCUT2D eigenvalue weighted by Gasteiger charge is 2.30. The lowest BCUT2D eigenvalue weighted by Gasteiger charge is -2.22. The molecule has 0 aliphatic heterocycles. The van der Waals surface area contributed by atoms with E-state index in [0.29, 0.717) is 16.3 Å². The van der Waals surface area contributed by atoms with Gasteiger partial charge in [0.05, 0.1) is 33.9 Å². The monoisotopic (exact) mass is 438 g/mol. The summed E-state index contributed by atoms with van der Waals surface area (Å²) in [5, 5.41) is 16.6. The van der Waals surface area contributed by atoms with Gasteiger partial charge in [-0.2, -0.15) is 15.0 Å². The van der Waals surface area contributed by atoms with Crippen LogP contribution in [0.5, 0.6) is 0 Å². The Hall–Kier alpha value is -2.97. The number of carbonyl (C=O) groups excluding carboxylic acids is 1. The molecule has 1 unspecified atom stereocenters. The summed E-state index contributed by atoms with van der Waals surface area (Å²) in [5.41, 5.74) is 2.09. The zero-order valence-corrected chi connectivity index (χ0v) is 17.5. The van der Waals surface area contributed by atoms with E-state index in [1.54, 1.807) is 29.8 Å². The van der Waals surface area contributed by atoms with Crippen LogP contribution in [0.25, 0.3) is 15.9 Å². The number of hydrogen-bond acceptors (Lipinski definition) is 6. The molecule has 2 N–H and O–H groups in total. The fourth-order valence-electron chi connectivity index (χ4n) is 3.85. The fraction of sp³-hybridized carbons (Fsp3) is 0.238. The molecule has 2 aromatic carbocycles. The first-order valence-electron chi connectivity index (χ1n) is 9.76. The quantitative estimate of drug-likeness (QED) is 0.485. The van der Waals surface area contributed by atoms with Crippen LogP contribution < -0.4 is 10.6 Å². The summed E-state index contributed by atoms with van der Waals surface area (Å²) in [6.07, 6.45) is 6.13. The maximum Gasteiger partial charge on any atom is 0.253 e. The Kier molecular flexibility index (Phi) is 5.10. The van der Waals surface area contributed by atoms with Crippen molar-refractivity contribution in [3.63, 3.8) is 0 Å². The standard InChI is InChI=1S/C21H19ClN6OS/c22-13-8-9-19-17(12-13)27-21(30-19)26-16-6-3-5-15(16)25-20(29)14-4-1-2-7-18(14)28-23-10-11-24-28/h1-2,4,7-12,15-16H,3,5-6H2,(H,25,29)(H,26,27)/t15?,16-/m0/s1. The first kappa shape index (κ1) is 19.0. The minimum absolute atomic E-state index is 0.0201. The molecule has 0 bridgehead atoms. The number of thiazole rings is 1. The summed E-state index contributed by atoms with van der Waals surface area (Å²) >= 11 is 7.67. The van der Waals surface area contributed by atoms with Gasteiger partial charge in [-0.3, -0.25) is 4.79 Å². The molecule has 2 aromatic heterocycles. The number of carbonyl (C=O) groups is 1. The number of benzene rings is 2. The third-order valence-electron chi connectivity index (χ3n) is 5.27. The lowest BCUT2D eigenvalue weighted by Crippen LogP contribution is -2.43. The van der Waals surface area contributed by atoms with Crippen LogP contribution >= 0.6 is 22.9 Å². The average Bonchev–Trinajstić information content (AvgIpc) is 3.49. The van der Waals surface area contributed by atoms with Gasteiger partial charge in [0, 0.05) is 17.1 Å². The number of nitrogens with one attached hydrogen (secondary N) is 2. The molecular weight excluding hydrogens is 420 g/mol. The summed E-state index contributed by atoms with van der Waals surface area (Å²) in [6, 6.07) is 13.2. The zero-order chi connectivity index (χ0) is 20.5. The van der Waals surface area contributed by atoms with Gasteiger partial charge in [-0.1, -0.05) is 35.1 Å². The number of aromatic nitrogens is 4. The van der Waals surface area contributed by atoms with E-state index in [-0.39, 0.29) is 18.0 Å². The second-order valence-electron chi connectivity index (χ2n) is 7.23. The number of nitrogens with zero attached hydrogens (tertiary/aromatic N) is 4. The van der Waals surface area contributed by atoms with Gasteiger partial charge in [0.25, 0.3) is 5.91 Å². The van der Waals surface area contributed by atoms with Gasteiger partial charge in [0.15, 0.2) is 5.13 Å². The number of amides is 1. The molecule has 2 atom stereocenters. The Morgan fingerprint density at radius 1 is 1.10 bits per heavy atom. The highest BCUT2D eigenvalue weighted by Crippen LogP contribution is 2.31. The highest BCUT2D eigenvalue weighted by molar-refractivity contribution is 7.22. The molecule has 0 saturated heterocycles. The number of halogens is 1. The number of hydrogen-bond donors (Lipinski definition) is 2. The number of para-hydroxylation sites is 1. The van der Waals surface area contributed by atoms with E-state index in [9.17, 15) is 4.79 Å². The Balaban J connectivity index is 1.33. The molecule has 1 saturated carbocycles. The van der Waals surface area contributed by atoms with E-state index in [2.05, 4.69) is 25.8 Å². The molecule has 4 aromatic rings. The molecule has 30 heavy (non-hydrogen) atoms. The molecule has 1 fully saturated rings. The van der Waals surface area contributed by atoms with Crippen molar-refractivity contribution in [2.45, 2.75) is 31.3 Å². The largest absolute Gasteiger partial charge is 0.357 e. The third-order valence-corrected chi connectivity index (χ3v) is 6.48. The van der Waals surface area contributed by atoms with Gasteiger partial charge >= 0.3 is 0 Å². The minimum atomic E-state index is -0.127. The summed E-state index contributed by atoms with van der Waals surface area (Å²) < 4.78 is 1.08. The molecule has 2 heterocycles. The summed E-state index contributed by atoms with van der Waals surface area (Å²) in [6.45, 7) is 0. The van der Waals surface area contributed by atoms with E-state index in [4.69, 9.17) is 11.6 Å². The maximum absolute atomic E-state index is 13.1. The highest BCUT2D eigenvalue weighted by atomic mass is 35.5. The Morgan fingerprint density at radius 2 is 1.90 bits per heavy atom. The third kappa shape index (κ3) is 3.76.